The molecule has 3 aromatic carbocycles. The molecule has 0 spiro atoms. The number of hydrogen-bond acceptors (Lipinski definition) is 9. The number of rotatable bonds is 3. The van der Waals surface area contributed by atoms with Gasteiger partial charge in [-0.25, -0.2) is 4.79 Å². The van der Waals surface area contributed by atoms with E-state index in [2.05, 4.69) is 18.2 Å². The molecule has 3 aromatic heterocycles. The van der Waals surface area contributed by atoms with E-state index in [1.54, 1.807) is 37.5 Å². The van der Waals surface area contributed by atoms with Gasteiger partial charge in [-0.1, -0.05) is 114 Å². The van der Waals surface area contributed by atoms with Crippen LogP contribution in [-0.4, -0.2) is 24.6 Å². The van der Waals surface area contributed by atoms with Crippen molar-refractivity contribution in [2.45, 2.75) is 81.1 Å². The van der Waals surface area contributed by atoms with Gasteiger partial charge in [0.2, 0.25) is 0 Å². The summed E-state index contributed by atoms with van der Waals surface area (Å²) in [5.74, 6) is 6.16. The van der Waals surface area contributed by atoms with E-state index in [0.29, 0.717) is 28.3 Å². The molecule has 9 heteroatoms. The highest BCUT2D eigenvalue weighted by Crippen LogP contribution is 2.67. The third-order valence-electron chi connectivity index (χ3n) is 13.7. The zero-order chi connectivity index (χ0) is 47.9. The van der Waals surface area contributed by atoms with Crippen molar-refractivity contribution in [3.63, 3.8) is 0 Å². The van der Waals surface area contributed by atoms with E-state index >= 15 is 0 Å². The maximum absolute atomic E-state index is 11.6. The molecule has 3 heterocycles. The molecule has 12 rings (SSSR count). The lowest BCUT2D eigenvalue weighted by Gasteiger charge is -2.35. The van der Waals surface area contributed by atoms with E-state index in [9.17, 15) is 24.0 Å². The molecular weight excluding hydrogens is 829 g/mol. The number of carbonyl (C=O) groups excluding carboxylic acids is 3. The van der Waals surface area contributed by atoms with Gasteiger partial charge in [0.05, 0.1) is 30.9 Å². The molecule has 0 aliphatic heterocycles. The number of hydrogen-bond donors (Lipinski definition) is 0. The SMILES string of the molecule is CC.CC.CC.CC(=O)C1CC2CC1C1C3C=CC(C3)C21.COC(=O)C1C2C=CC(C2)C1C(C)=O.O=c1ccc2ccccc2o1.O=c1ccoc2ccccc12.c1ccc2occc2c1. The van der Waals surface area contributed by atoms with Crippen LogP contribution in [0.1, 0.15) is 81.1 Å². The van der Waals surface area contributed by atoms with Crippen molar-refractivity contribution in [3.05, 3.63) is 155 Å². The molecule has 350 valence electrons. The number of ether oxygens (including phenoxy) is 1. The minimum Gasteiger partial charge on any atom is -0.469 e. The predicted molar refractivity (Wildman–Crippen MR) is 264 cm³/mol. The molecule has 6 aliphatic rings. The first kappa shape index (κ1) is 50.9. The average Bonchev–Trinajstić information content (AvgIpc) is 4.24. The second-order valence-electron chi connectivity index (χ2n) is 16.9. The first-order valence-corrected chi connectivity index (χ1v) is 23.9. The number of carbonyl (C=O) groups is 3. The fourth-order valence-corrected chi connectivity index (χ4v) is 11.3. The number of allylic oxidation sites excluding steroid dienone is 4. The van der Waals surface area contributed by atoms with Crippen LogP contribution in [0.15, 0.2) is 157 Å². The highest BCUT2D eigenvalue weighted by atomic mass is 16.5. The molecule has 6 aliphatic carbocycles. The van der Waals surface area contributed by atoms with E-state index in [1.165, 1.54) is 44.8 Å². The fourth-order valence-electron chi connectivity index (χ4n) is 11.3. The summed E-state index contributed by atoms with van der Waals surface area (Å²) < 4.78 is 19.9. The standard InChI is InChI=1S/C14H18O.C11H14O3.2C9H6O2.C8H6O.3C2H6/c1-7(15)11-5-10-6-12(11)14-9-3-2-8(4-9)13(10)14;1-6(12)9-7-3-4-8(5-7)10(9)11(13)14-2;10-8-5-6-11-9-4-2-1-3-7(8)9;10-9-6-5-7-3-1-2-4-8(7)11-9;1-2-4-8-7(3-1)5-6-9-8;3*1-2/h2-3,8-14H,4-6H2,1H3;3-4,7-10H,5H2,1-2H3;2*1-6H;1-6H;3*1-2H3. The summed E-state index contributed by atoms with van der Waals surface area (Å²) in [6.45, 7) is 15.4. The van der Waals surface area contributed by atoms with Crippen molar-refractivity contribution < 1.29 is 32.4 Å². The summed E-state index contributed by atoms with van der Waals surface area (Å²) in [6, 6.07) is 29.1. The lowest BCUT2D eigenvalue weighted by Crippen LogP contribution is -2.33. The quantitative estimate of drug-likeness (QED) is 0.0736. The first-order chi connectivity index (χ1) is 32.1. The van der Waals surface area contributed by atoms with Gasteiger partial charge in [0.25, 0.3) is 0 Å². The third-order valence-corrected chi connectivity index (χ3v) is 13.7. The van der Waals surface area contributed by atoms with Gasteiger partial charge in [-0.3, -0.25) is 19.2 Å². The lowest BCUT2D eigenvalue weighted by molar-refractivity contribution is -0.150. The number of fused-ring (bicyclic) bond motifs is 14. The second kappa shape index (κ2) is 24.4. The zero-order valence-electron chi connectivity index (χ0n) is 40.1. The maximum atomic E-state index is 11.6. The topological polar surface area (TPSA) is 134 Å². The van der Waals surface area contributed by atoms with E-state index in [0.717, 1.165) is 58.3 Å². The molecule has 6 bridgehead atoms. The molecule has 11 unspecified atom stereocenters. The van der Waals surface area contributed by atoms with Crippen molar-refractivity contribution >= 4 is 50.4 Å². The van der Waals surface area contributed by atoms with Gasteiger partial charge in [0.15, 0.2) is 5.43 Å². The number of esters is 1. The Morgan fingerprint density at radius 2 is 1.06 bits per heavy atom. The van der Waals surface area contributed by atoms with Crippen LogP contribution in [-0.2, 0) is 19.1 Å². The molecule has 4 saturated carbocycles. The van der Waals surface area contributed by atoms with Crippen LogP contribution >= 0.6 is 0 Å². The fraction of sp³-hybridized carbons (Fsp3) is 0.421. The van der Waals surface area contributed by atoms with Gasteiger partial charge in [-0.05, 0) is 123 Å². The van der Waals surface area contributed by atoms with Crippen LogP contribution in [0, 0.1) is 65.1 Å². The van der Waals surface area contributed by atoms with Crippen molar-refractivity contribution in [3.8, 4) is 0 Å². The van der Waals surface area contributed by atoms with Gasteiger partial charge in [0.1, 0.15) is 28.3 Å². The van der Waals surface area contributed by atoms with Crippen LogP contribution in [0.4, 0.5) is 0 Å². The summed E-state index contributed by atoms with van der Waals surface area (Å²) in [5, 5.41) is 2.75. The van der Waals surface area contributed by atoms with E-state index in [4.69, 9.17) is 18.0 Å². The van der Waals surface area contributed by atoms with Gasteiger partial charge >= 0.3 is 11.6 Å². The Labute approximate surface area is 389 Å². The van der Waals surface area contributed by atoms with E-state index < -0.39 is 0 Å². The summed E-state index contributed by atoms with van der Waals surface area (Å²) in [5.41, 5.74) is 1.94. The van der Waals surface area contributed by atoms with Gasteiger partial charge in [0, 0.05) is 34.7 Å². The molecule has 0 N–H and O–H groups in total. The van der Waals surface area contributed by atoms with Crippen molar-refractivity contribution in [2.24, 2.45) is 65.1 Å². The summed E-state index contributed by atoms with van der Waals surface area (Å²) in [7, 11) is 1.38. The second-order valence-corrected chi connectivity index (χ2v) is 16.9. The third kappa shape index (κ3) is 11.5. The van der Waals surface area contributed by atoms with Crippen LogP contribution in [0.5, 0.6) is 0 Å². The molecule has 4 fully saturated rings. The predicted octanol–water partition coefficient (Wildman–Crippen LogP) is 13.0. The van der Waals surface area contributed by atoms with Crippen molar-refractivity contribution in [1.29, 1.82) is 0 Å². The summed E-state index contributed by atoms with van der Waals surface area (Å²) >= 11 is 0. The number of methoxy groups -OCH3 is 1. The number of benzene rings is 3. The summed E-state index contributed by atoms with van der Waals surface area (Å²) in [4.78, 5) is 56.4. The van der Waals surface area contributed by atoms with Gasteiger partial charge in [-0.2, -0.15) is 0 Å². The Hall–Kier alpha value is -6.09. The molecular formula is C57H68O9. The van der Waals surface area contributed by atoms with Gasteiger partial charge < -0.3 is 18.0 Å². The van der Waals surface area contributed by atoms with Crippen LogP contribution < -0.4 is 11.1 Å². The smallest absolute Gasteiger partial charge is 0.336 e. The Morgan fingerprint density at radius 1 is 0.530 bits per heavy atom. The van der Waals surface area contributed by atoms with Crippen LogP contribution in [0.3, 0.4) is 0 Å². The molecule has 66 heavy (non-hydrogen) atoms. The molecule has 11 atom stereocenters. The summed E-state index contributed by atoms with van der Waals surface area (Å²) in [6.07, 6.45) is 17.1. The Morgan fingerprint density at radius 3 is 1.68 bits per heavy atom. The van der Waals surface area contributed by atoms with Crippen molar-refractivity contribution in [1.82, 2.24) is 0 Å². The van der Waals surface area contributed by atoms with E-state index in [1.807, 2.05) is 115 Å². The largest absolute Gasteiger partial charge is 0.469 e. The Bertz CT molecular complexity index is 2640. The Balaban J connectivity index is 0.000000152. The minimum absolute atomic E-state index is 0.00634. The number of ketones is 2. The van der Waals surface area contributed by atoms with Crippen molar-refractivity contribution in [2.75, 3.05) is 7.11 Å². The maximum Gasteiger partial charge on any atom is 0.336 e. The average molecular weight is 897 g/mol. The number of Topliss-reactive ketones (excluding diaryl/α,β-unsaturated/α-hetero) is 2. The van der Waals surface area contributed by atoms with Crippen LogP contribution in [0.2, 0.25) is 0 Å². The monoisotopic (exact) mass is 896 g/mol. The Kier molecular flexibility index (Phi) is 18.8. The minimum atomic E-state index is -0.302. The molecule has 0 saturated heterocycles. The molecule has 9 nitrogen and oxygen atoms in total. The molecule has 0 amide bonds. The highest BCUT2D eigenvalue weighted by Gasteiger charge is 2.61. The van der Waals surface area contributed by atoms with Crippen LogP contribution in [0.25, 0.3) is 32.9 Å². The molecule has 6 aromatic rings. The van der Waals surface area contributed by atoms with E-state index in [-0.39, 0.29) is 46.5 Å². The number of para-hydroxylation sites is 3. The highest BCUT2D eigenvalue weighted by molar-refractivity contribution is 5.87. The molecule has 0 radical (unpaired) electrons. The lowest BCUT2D eigenvalue weighted by atomic mass is 9.68. The first-order valence-electron chi connectivity index (χ1n) is 23.9. The van der Waals surface area contributed by atoms with Gasteiger partial charge in [-0.15, -0.1) is 0 Å². The number of furan rings is 1. The zero-order valence-corrected chi connectivity index (χ0v) is 40.1. The normalized spacial score (nSPS) is 26.7.